The van der Waals surface area contributed by atoms with Crippen LogP contribution in [0, 0.1) is 15.9 Å². The van der Waals surface area contributed by atoms with Gasteiger partial charge in [0.2, 0.25) is 0 Å². The van der Waals surface area contributed by atoms with E-state index in [1.54, 1.807) is 6.07 Å². The van der Waals surface area contributed by atoms with Crippen molar-refractivity contribution < 1.29 is 18.5 Å². The molecule has 0 N–H and O–H groups in total. The highest BCUT2D eigenvalue weighted by molar-refractivity contribution is 6.34. The van der Waals surface area contributed by atoms with E-state index in [0.29, 0.717) is 42.9 Å². The summed E-state index contributed by atoms with van der Waals surface area (Å²) >= 11 is 6.20. The number of ether oxygens (including phenoxy) is 1. The molecule has 3 heterocycles. The van der Waals surface area contributed by atoms with E-state index in [2.05, 4.69) is 9.97 Å². The zero-order valence-corrected chi connectivity index (χ0v) is 15.2. The zero-order chi connectivity index (χ0) is 19.7. The maximum atomic E-state index is 14.5. The Morgan fingerprint density at radius 2 is 2.00 bits per heavy atom. The van der Waals surface area contributed by atoms with Crippen molar-refractivity contribution in [3.8, 4) is 0 Å². The number of hydrogen-bond acceptors (Lipinski definition) is 7. The average Bonchev–Trinajstić information content (AvgIpc) is 3.17. The molecule has 0 aliphatic carbocycles. The van der Waals surface area contributed by atoms with E-state index in [-0.39, 0.29) is 22.6 Å². The summed E-state index contributed by atoms with van der Waals surface area (Å²) in [7, 11) is 0. The van der Waals surface area contributed by atoms with Gasteiger partial charge < -0.3 is 14.1 Å². The van der Waals surface area contributed by atoms with Gasteiger partial charge >= 0.3 is 5.88 Å². The van der Waals surface area contributed by atoms with Crippen molar-refractivity contribution in [3.05, 3.63) is 56.9 Å². The minimum absolute atomic E-state index is 0.113. The highest BCUT2D eigenvalue weighted by atomic mass is 35.5. The van der Waals surface area contributed by atoms with Crippen LogP contribution in [0.15, 0.2) is 28.7 Å². The molecule has 0 saturated carbocycles. The van der Waals surface area contributed by atoms with Crippen LogP contribution in [-0.2, 0) is 4.74 Å². The maximum Gasteiger partial charge on any atom is 0.433 e. The summed E-state index contributed by atoms with van der Waals surface area (Å²) in [6, 6.07) is 5.68. The fraction of sp³-hybridized carbons (Fsp3) is 0.222. The Morgan fingerprint density at radius 3 is 2.71 bits per heavy atom. The highest BCUT2D eigenvalue weighted by Crippen LogP contribution is 2.29. The van der Waals surface area contributed by atoms with Crippen LogP contribution in [0.5, 0.6) is 0 Å². The number of anilines is 1. The highest BCUT2D eigenvalue weighted by Gasteiger charge is 2.18. The van der Waals surface area contributed by atoms with Gasteiger partial charge in [0.15, 0.2) is 5.82 Å². The molecule has 1 aliphatic rings. The Labute approximate surface area is 163 Å². The Balaban J connectivity index is 1.68. The minimum Gasteiger partial charge on any atom is -0.401 e. The van der Waals surface area contributed by atoms with E-state index in [1.165, 1.54) is 30.4 Å². The lowest BCUT2D eigenvalue weighted by Gasteiger charge is -2.29. The van der Waals surface area contributed by atoms with E-state index in [0.717, 1.165) is 0 Å². The van der Waals surface area contributed by atoms with E-state index < -0.39 is 10.7 Å². The van der Waals surface area contributed by atoms with Crippen LogP contribution in [0.25, 0.3) is 23.1 Å². The fourth-order valence-electron chi connectivity index (χ4n) is 2.93. The molecule has 8 nitrogen and oxygen atoms in total. The molecule has 1 saturated heterocycles. The SMILES string of the molecule is O=[N+]([O-])c1ccc(C=Cc2nc(Cl)c3cc(F)c(N4CCOCC4)cc3n2)o1. The third-order valence-corrected chi connectivity index (χ3v) is 4.56. The molecule has 0 spiro atoms. The molecule has 10 heteroatoms. The van der Waals surface area contributed by atoms with Crippen LogP contribution >= 0.6 is 11.6 Å². The molecular formula is C18H14ClFN4O4. The normalized spacial score (nSPS) is 14.9. The van der Waals surface area contributed by atoms with Gasteiger partial charge in [-0.3, -0.25) is 10.1 Å². The van der Waals surface area contributed by atoms with Crippen LogP contribution in [0.2, 0.25) is 5.15 Å². The molecule has 1 aromatic carbocycles. The van der Waals surface area contributed by atoms with Crippen molar-refractivity contribution in [2.24, 2.45) is 0 Å². The van der Waals surface area contributed by atoms with E-state index in [4.69, 9.17) is 20.8 Å². The lowest BCUT2D eigenvalue weighted by atomic mass is 10.2. The molecule has 28 heavy (non-hydrogen) atoms. The summed E-state index contributed by atoms with van der Waals surface area (Å²) in [4.78, 5) is 20.5. The number of benzene rings is 1. The van der Waals surface area contributed by atoms with Crippen LogP contribution in [0.1, 0.15) is 11.6 Å². The van der Waals surface area contributed by atoms with Crippen LogP contribution in [0.4, 0.5) is 16.0 Å². The van der Waals surface area contributed by atoms with E-state index >= 15 is 0 Å². The molecule has 1 fully saturated rings. The van der Waals surface area contributed by atoms with Crippen molar-refractivity contribution in [3.63, 3.8) is 0 Å². The van der Waals surface area contributed by atoms with E-state index in [1.807, 2.05) is 4.90 Å². The number of fused-ring (bicyclic) bond motifs is 1. The smallest absolute Gasteiger partial charge is 0.401 e. The lowest BCUT2D eigenvalue weighted by molar-refractivity contribution is -0.402. The Hall–Kier alpha value is -3.04. The molecule has 0 unspecified atom stereocenters. The quantitative estimate of drug-likeness (QED) is 0.369. The molecule has 1 aliphatic heterocycles. The molecule has 0 amide bonds. The van der Waals surface area contributed by atoms with Crippen LogP contribution < -0.4 is 4.90 Å². The predicted octanol–water partition coefficient (Wildman–Crippen LogP) is 3.93. The number of rotatable bonds is 4. The second-order valence-corrected chi connectivity index (χ2v) is 6.42. The van der Waals surface area contributed by atoms with Gasteiger partial charge in [-0.1, -0.05) is 11.6 Å². The van der Waals surface area contributed by atoms with Crippen molar-refractivity contribution in [1.29, 1.82) is 0 Å². The van der Waals surface area contributed by atoms with Gasteiger partial charge in [0.25, 0.3) is 0 Å². The lowest BCUT2D eigenvalue weighted by Crippen LogP contribution is -2.36. The first-order valence-corrected chi connectivity index (χ1v) is 8.81. The van der Waals surface area contributed by atoms with E-state index in [9.17, 15) is 14.5 Å². The third-order valence-electron chi connectivity index (χ3n) is 4.28. The van der Waals surface area contributed by atoms with Gasteiger partial charge in [0.05, 0.1) is 30.5 Å². The summed E-state index contributed by atoms with van der Waals surface area (Å²) in [6.07, 6.45) is 3.02. The van der Waals surface area contributed by atoms with Crippen LogP contribution in [-0.4, -0.2) is 41.2 Å². The van der Waals surface area contributed by atoms with Gasteiger partial charge in [0, 0.05) is 18.5 Å². The van der Waals surface area contributed by atoms with Crippen LogP contribution in [0.3, 0.4) is 0 Å². The standard InChI is InChI=1S/C18H14ClFN4O4/c19-18-12-9-13(20)15(23-5-7-27-8-6-23)10-14(12)21-16(22-18)3-1-11-2-4-17(28-11)24(25)26/h1-4,9-10H,5-8H2. The molecule has 2 aromatic heterocycles. The molecule has 144 valence electrons. The zero-order valence-electron chi connectivity index (χ0n) is 14.5. The Bertz CT molecular complexity index is 1080. The monoisotopic (exact) mass is 404 g/mol. The summed E-state index contributed by atoms with van der Waals surface area (Å²) in [5, 5.41) is 11.2. The number of morpholine rings is 1. The average molecular weight is 405 g/mol. The molecule has 4 rings (SSSR count). The van der Waals surface area contributed by atoms with Gasteiger partial charge in [-0.05, 0) is 30.4 Å². The summed E-state index contributed by atoms with van der Waals surface area (Å²) in [6.45, 7) is 2.24. The molecular weight excluding hydrogens is 391 g/mol. The van der Waals surface area contributed by atoms with Gasteiger partial charge in [0.1, 0.15) is 21.7 Å². The molecule has 3 aromatic rings. The number of nitrogens with zero attached hydrogens (tertiary/aromatic N) is 4. The Kier molecular flexibility index (Phi) is 4.93. The second kappa shape index (κ2) is 7.53. The molecule has 0 radical (unpaired) electrons. The van der Waals surface area contributed by atoms with Crippen molar-refractivity contribution in [2.45, 2.75) is 0 Å². The number of aromatic nitrogens is 2. The maximum absolute atomic E-state index is 14.5. The number of halogens is 2. The first kappa shape index (κ1) is 18.3. The summed E-state index contributed by atoms with van der Waals surface area (Å²) in [5.41, 5.74) is 0.926. The third kappa shape index (κ3) is 3.67. The van der Waals surface area contributed by atoms with Gasteiger partial charge in [-0.25, -0.2) is 14.4 Å². The minimum atomic E-state index is -0.623. The number of nitro groups is 1. The topological polar surface area (TPSA) is 94.5 Å². The van der Waals surface area contributed by atoms with Crippen molar-refractivity contribution >= 4 is 46.2 Å². The first-order valence-electron chi connectivity index (χ1n) is 8.43. The summed E-state index contributed by atoms with van der Waals surface area (Å²) in [5.74, 6) is -0.204. The summed E-state index contributed by atoms with van der Waals surface area (Å²) < 4.78 is 24.9. The second-order valence-electron chi connectivity index (χ2n) is 6.06. The molecule has 0 atom stereocenters. The van der Waals surface area contributed by atoms with Crippen molar-refractivity contribution in [1.82, 2.24) is 9.97 Å². The van der Waals surface area contributed by atoms with Crippen molar-refractivity contribution in [2.75, 3.05) is 31.2 Å². The predicted molar refractivity (Wildman–Crippen MR) is 102 cm³/mol. The fourth-order valence-corrected chi connectivity index (χ4v) is 3.16. The van der Waals surface area contributed by atoms with Gasteiger partial charge in [-0.2, -0.15) is 0 Å². The van der Waals surface area contributed by atoms with Gasteiger partial charge in [-0.15, -0.1) is 0 Å². The first-order chi connectivity index (χ1) is 13.5. The Morgan fingerprint density at radius 1 is 1.21 bits per heavy atom. The number of hydrogen-bond donors (Lipinski definition) is 0. The molecule has 0 bridgehead atoms. The largest absolute Gasteiger partial charge is 0.433 e. The number of furan rings is 1.